The number of hydrogen-bond donors (Lipinski definition) is 0. The lowest BCUT2D eigenvalue weighted by Crippen LogP contribution is -2.09. The van der Waals surface area contributed by atoms with Gasteiger partial charge in [0.25, 0.3) is 0 Å². The summed E-state index contributed by atoms with van der Waals surface area (Å²) in [6, 6.07) is 14.8. The van der Waals surface area contributed by atoms with Gasteiger partial charge < -0.3 is 14.2 Å². The first-order chi connectivity index (χ1) is 16.6. The number of carbonyl (C=O) groups is 1. The molecule has 0 aliphatic rings. The van der Waals surface area contributed by atoms with E-state index in [4.69, 9.17) is 14.2 Å². The van der Waals surface area contributed by atoms with Gasteiger partial charge in [-0.05, 0) is 60.7 Å². The standard InChI is InChI=1S/C30H44O4/c1-4-6-7-8-9-10-11-12-22-33-28-19-15-27(16-20-28)30(31)34-29-17-13-26(14-18-29)21-23-32-24-25(3)5-2/h13-20,25H,4-12,21-24H2,1-3H3. The zero-order valence-electron chi connectivity index (χ0n) is 21.5. The molecule has 0 aliphatic carbocycles. The van der Waals surface area contributed by atoms with E-state index >= 15 is 0 Å². The van der Waals surface area contributed by atoms with Gasteiger partial charge in [0.1, 0.15) is 11.5 Å². The highest BCUT2D eigenvalue weighted by Gasteiger charge is 2.09. The van der Waals surface area contributed by atoms with Gasteiger partial charge in [-0.25, -0.2) is 4.79 Å². The second-order valence-corrected chi connectivity index (χ2v) is 9.22. The minimum atomic E-state index is -0.362. The summed E-state index contributed by atoms with van der Waals surface area (Å²) in [5.74, 6) is 1.57. The van der Waals surface area contributed by atoms with Crippen LogP contribution in [0.1, 0.15) is 94.5 Å². The van der Waals surface area contributed by atoms with Gasteiger partial charge in [-0.15, -0.1) is 0 Å². The summed E-state index contributed by atoms with van der Waals surface area (Å²) in [5.41, 5.74) is 1.68. The predicted octanol–water partition coefficient (Wildman–Crippen LogP) is 8.03. The Kier molecular flexibility index (Phi) is 14.1. The third-order valence-corrected chi connectivity index (χ3v) is 6.12. The largest absolute Gasteiger partial charge is 0.494 e. The maximum absolute atomic E-state index is 12.5. The molecule has 2 rings (SSSR count). The molecule has 0 fully saturated rings. The first-order valence-corrected chi connectivity index (χ1v) is 13.2. The Morgan fingerprint density at radius 3 is 2.03 bits per heavy atom. The average Bonchev–Trinajstić information content (AvgIpc) is 2.86. The van der Waals surface area contributed by atoms with E-state index in [0.29, 0.717) is 30.4 Å². The zero-order valence-corrected chi connectivity index (χ0v) is 21.5. The van der Waals surface area contributed by atoms with E-state index in [2.05, 4.69) is 20.8 Å². The van der Waals surface area contributed by atoms with E-state index in [0.717, 1.165) is 31.6 Å². The van der Waals surface area contributed by atoms with Crippen molar-refractivity contribution in [3.05, 3.63) is 59.7 Å². The fourth-order valence-corrected chi connectivity index (χ4v) is 3.60. The number of hydrogen-bond acceptors (Lipinski definition) is 4. The first kappa shape index (κ1) is 27.9. The molecule has 1 atom stereocenters. The van der Waals surface area contributed by atoms with E-state index < -0.39 is 0 Å². The quantitative estimate of drug-likeness (QED) is 0.126. The highest BCUT2D eigenvalue weighted by Crippen LogP contribution is 2.18. The van der Waals surface area contributed by atoms with E-state index in [-0.39, 0.29) is 5.97 Å². The lowest BCUT2D eigenvalue weighted by atomic mass is 10.1. The van der Waals surface area contributed by atoms with Gasteiger partial charge in [0.05, 0.1) is 18.8 Å². The molecular formula is C30H44O4. The van der Waals surface area contributed by atoms with Crippen LogP contribution in [-0.4, -0.2) is 25.8 Å². The molecule has 0 bridgehead atoms. The Bertz CT molecular complexity index is 782. The van der Waals surface area contributed by atoms with E-state index in [9.17, 15) is 4.79 Å². The van der Waals surface area contributed by atoms with Crippen LogP contribution >= 0.6 is 0 Å². The van der Waals surface area contributed by atoms with Gasteiger partial charge in [0.15, 0.2) is 0 Å². The molecule has 0 aliphatic heterocycles. The van der Waals surface area contributed by atoms with Crippen molar-refractivity contribution < 1.29 is 19.0 Å². The average molecular weight is 469 g/mol. The highest BCUT2D eigenvalue weighted by atomic mass is 16.5. The van der Waals surface area contributed by atoms with Crippen LogP contribution in [0.25, 0.3) is 0 Å². The molecule has 0 heterocycles. The number of benzene rings is 2. The third kappa shape index (κ3) is 11.7. The minimum absolute atomic E-state index is 0.362. The molecule has 0 aromatic heterocycles. The van der Waals surface area contributed by atoms with Crippen molar-refractivity contribution in [1.29, 1.82) is 0 Å². The Morgan fingerprint density at radius 1 is 0.765 bits per heavy atom. The fourth-order valence-electron chi connectivity index (χ4n) is 3.60. The van der Waals surface area contributed by atoms with Crippen molar-refractivity contribution in [1.82, 2.24) is 0 Å². The van der Waals surface area contributed by atoms with Gasteiger partial charge in [-0.1, -0.05) is 84.3 Å². The van der Waals surface area contributed by atoms with Crippen LogP contribution < -0.4 is 9.47 Å². The van der Waals surface area contributed by atoms with Crippen molar-refractivity contribution in [2.45, 2.75) is 85.0 Å². The van der Waals surface area contributed by atoms with Crippen molar-refractivity contribution in [2.24, 2.45) is 5.92 Å². The molecule has 34 heavy (non-hydrogen) atoms. The topological polar surface area (TPSA) is 44.8 Å². The summed E-state index contributed by atoms with van der Waals surface area (Å²) in [5, 5.41) is 0. The molecule has 2 aromatic rings. The maximum atomic E-state index is 12.5. The molecule has 4 heteroatoms. The molecular weight excluding hydrogens is 424 g/mol. The summed E-state index contributed by atoms with van der Waals surface area (Å²) in [7, 11) is 0. The monoisotopic (exact) mass is 468 g/mol. The molecule has 0 radical (unpaired) electrons. The molecule has 2 aromatic carbocycles. The summed E-state index contributed by atoms with van der Waals surface area (Å²) >= 11 is 0. The molecule has 0 amide bonds. The van der Waals surface area contributed by atoms with Crippen molar-refractivity contribution in [3.63, 3.8) is 0 Å². The fraction of sp³-hybridized carbons (Fsp3) is 0.567. The molecule has 0 N–H and O–H groups in total. The molecule has 4 nitrogen and oxygen atoms in total. The molecule has 0 spiro atoms. The van der Waals surface area contributed by atoms with Crippen LogP contribution in [0.2, 0.25) is 0 Å². The summed E-state index contributed by atoms with van der Waals surface area (Å²) in [6.45, 7) is 8.84. The van der Waals surface area contributed by atoms with Gasteiger partial charge in [-0.3, -0.25) is 0 Å². The van der Waals surface area contributed by atoms with Crippen LogP contribution in [0.3, 0.4) is 0 Å². The van der Waals surface area contributed by atoms with Crippen LogP contribution in [0, 0.1) is 5.92 Å². The second-order valence-electron chi connectivity index (χ2n) is 9.22. The summed E-state index contributed by atoms with van der Waals surface area (Å²) in [6.07, 6.45) is 12.2. The molecule has 1 unspecified atom stereocenters. The van der Waals surface area contributed by atoms with Crippen LogP contribution in [0.4, 0.5) is 0 Å². The highest BCUT2D eigenvalue weighted by molar-refractivity contribution is 5.91. The number of carbonyl (C=O) groups excluding carboxylic acids is 1. The number of esters is 1. The Morgan fingerprint density at radius 2 is 1.38 bits per heavy atom. The van der Waals surface area contributed by atoms with Crippen LogP contribution in [0.15, 0.2) is 48.5 Å². The van der Waals surface area contributed by atoms with E-state index in [1.165, 1.54) is 50.5 Å². The number of unbranched alkanes of at least 4 members (excludes halogenated alkanes) is 7. The smallest absolute Gasteiger partial charge is 0.343 e. The maximum Gasteiger partial charge on any atom is 0.343 e. The van der Waals surface area contributed by atoms with Crippen molar-refractivity contribution in [3.8, 4) is 11.5 Å². The van der Waals surface area contributed by atoms with Crippen molar-refractivity contribution >= 4 is 5.97 Å². The Balaban J connectivity index is 1.64. The number of rotatable bonds is 18. The SMILES string of the molecule is CCCCCCCCCCOc1ccc(C(=O)Oc2ccc(CCOCC(C)CC)cc2)cc1. The van der Waals surface area contributed by atoms with Crippen molar-refractivity contribution in [2.75, 3.05) is 19.8 Å². The molecule has 0 saturated carbocycles. The predicted molar refractivity (Wildman–Crippen MR) is 140 cm³/mol. The second kappa shape index (κ2) is 17.2. The number of ether oxygens (including phenoxy) is 3. The van der Waals surface area contributed by atoms with E-state index in [1.807, 2.05) is 36.4 Å². The first-order valence-electron chi connectivity index (χ1n) is 13.2. The van der Waals surface area contributed by atoms with Gasteiger partial charge >= 0.3 is 5.97 Å². The Hall–Kier alpha value is -2.33. The van der Waals surface area contributed by atoms with Gasteiger partial charge in [0.2, 0.25) is 0 Å². The molecule has 188 valence electrons. The molecule has 0 saturated heterocycles. The van der Waals surface area contributed by atoms with Gasteiger partial charge in [0, 0.05) is 6.61 Å². The summed E-state index contributed by atoms with van der Waals surface area (Å²) in [4.78, 5) is 12.5. The van der Waals surface area contributed by atoms with Crippen LogP contribution in [0.5, 0.6) is 11.5 Å². The van der Waals surface area contributed by atoms with E-state index in [1.54, 1.807) is 12.1 Å². The lowest BCUT2D eigenvalue weighted by molar-refractivity contribution is 0.0734. The zero-order chi connectivity index (χ0) is 24.4. The normalized spacial score (nSPS) is 11.9. The minimum Gasteiger partial charge on any atom is -0.494 e. The lowest BCUT2D eigenvalue weighted by Gasteiger charge is -2.10. The summed E-state index contributed by atoms with van der Waals surface area (Å²) < 4.78 is 17.0. The third-order valence-electron chi connectivity index (χ3n) is 6.12. The van der Waals surface area contributed by atoms with Crippen LogP contribution in [-0.2, 0) is 11.2 Å². The van der Waals surface area contributed by atoms with Gasteiger partial charge in [-0.2, -0.15) is 0 Å². The Labute approximate surface area is 207 Å².